The van der Waals surface area contributed by atoms with Crippen molar-refractivity contribution in [3.05, 3.63) is 35.9 Å². The molecule has 6 heteroatoms. The standard InChI is InChI=1S/C18H30B2O4/c1-21-19(22-2)13-15-10-16(14-20(23-3)24-4)12-18(11-15)17-8-6-5-7-9-17/h5-9,15-16,18H,10-14H2,1-4H3. The molecule has 2 rings (SSSR count). The molecule has 0 radical (unpaired) electrons. The second-order valence-corrected chi connectivity index (χ2v) is 6.82. The predicted octanol–water partition coefficient (Wildman–Crippen LogP) is 3.75. The Morgan fingerprint density at radius 3 is 1.62 bits per heavy atom. The first-order chi connectivity index (χ1) is 11.7. The van der Waals surface area contributed by atoms with E-state index < -0.39 is 0 Å². The van der Waals surface area contributed by atoms with Crippen molar-refractivity contribution in [3.8, 4) is 0 Å². The summed E-state index contributed by atoms with van der Waals surface area (Å²) in [6.45, 7) is 0. The van der Waals surface area contributed by atoms with Gasteiger partial charge < -0.3 is 18.6 Å². The molecule has 1 aromatic rings. The molecule has 0 heterocycles. The fourth-order valence-electron chi connectivity index (χ4n) is 4.07. The van der Waals surface area contributed by atoms with Crippen LogP contribution in [-0.2, 0) is 18.6 Å². The van der Waals surface area contributed by atoms with E-state index in [9.17, 15) is 0 Å². The van der Waals surface area contributed by atoms with Crippen LogP contribution in [-0.4, -0.2) is 42.7 Å². The maximum atomic E-state index is 5.43. The van der Waals surface area contributed by atoms with E-state index in [0.29, 0.717) is 17.8 Å². The molecule has 1 saturated carbocycles. The van der Waals surface area contributed by atoms with Gasteiger partial charge in [-0.2, -0.15) is 0 Å². The zero-order valence-electron chi connectivity index (χ0n) is 15.4. The van der Waals surface area contributed by atoms with Crippen molar-refractivity contribution in [1.29, 1.82) is 0 Å². The Bertz CT molecular complexity index is 430. The zero-order chi connectivity index (χ0) is 17.4. The highest BCUT2D eigenvalue weighted by molar-refractivity contribution is 6.44. The van der Waals surface area contributed by atoms with Gasteiger partial charge in [0.1, 0.15) is 0 Å². The smallest absolute Gasteiger partial charge is 0.414 e. The van der Waals surface area contributed by atoms with Crippen LogP contribution in [0, 0.1) is 11.8 Å². The highest BCUT2D eigenvalue weighted by Crippen LogP contribution is 2.43. The molecule has 2 unspecified atom stereocenters. The molecule has 1 aliphatic rings. The van der Waals surface area contributed by atoms with Crippen LogP contribution in [0.5, 0.6) is 0 Å². The Hall–Kier alpha value is -0.810. The minimum absolute atomic E-state index is 0.120. The Balaban J connectivity index is 2.08. The minimum Gasteiger partial charge on any atom is -0.414 e. The van der Waals surface area contributed by atoms with Gasteiger partial charge in [-0.3, -0.25) is 0 Å². The lowest BCUT2D eigenvalue weighted by atomic mass is 9.61. The van der Waals surface area contributed by atoms with Crippen LogP contribution in [0.1, 0.15) is 30.7 Å². The van der Waals surface area contributed by atoms with Crippen molar-refractivity contribution in [2.75, 3.05) is 28.4 Å². The molecule has 0 bridgehead atoms. The average Bonchev–Trinajstić information content (AvgIpc) is 2.64. The van der Waals surface area contributed by atoms with Crippen LogP contribution >= 0.6 is 0 Å². The van der Waals surface area contributed by atoms with Gasteiger partial charge in [-0.25, -0.2) is 0 Å². The van der Waals surface area contributed by atoms with E-state index >= 15 is 0 Å². The Labute approximate surface area is 147 Å². The summed E-state index contributed by atoms with van der Waals surface area (Å²) in [5.41, 5.74) is 1.44. The minimum atomic E-state index is -0.120. The first-order valence-electron chi connectivity index (χ1n) is 8.86. The molecule has 0 saturated heterocycles. The normalized spacial score (nSPS) is 23.9. The van der Waals surface area contributed by atoms with E-state index in [1.165, 1.54) is 24.8 Å². The van der Waals surface area contributed by atoms with Crippen molar-refractivity contribution < 1.29 is 18.6 Å². The predicted molar refractivity (Wildman–Crippen MR) is 99.2 cm³/mol. The third-order valence-corrected chi connectivity index (χ3v) is 5.28. The summed E-state index contributed by atoms with van der Waals surface area (Å²) in [5, 5.41) is 0. The molecule has 4 nitrogen and oxygen atoms in total. The van der Waals surface area contributed by atoms with Gasteiger partial charge in [-0.15, -0.1) is 0 Å². The Morgan fingerprint density at radius 2 is 1.21 bits per heavy atom. The van der Waals surface area contributed by atoms with Crippen LogP contribution in [0.3, 0.4) is 0 Å². The summed E-state index contributed by atoms with van der Waals surface area (Å²) >= 11 is 0. The van der Waals surface area contributed by atoms with Crippen molar-refractivity contribution in [1.82, 2.24) is 0 Å². The Kier molecular flexibility index (Phi) is 8.33. The summed E-state index contributed by atoms with van der Waals surface area (Å²) in [5.74, 6) is 1.76. The van der Waals surface area contributed by atoms with Gasteiger partial charge in [-0.05, 0) is 55.2 Å². The zero-order valence-corrected chi connectivity index (χ0v) is 15.4. The fourth-order valence-corrected chi connectivity index (χ4v) is 4.07. The fraction of sp³-hybridized carbons (Fsp3) is 0.667. The molecule has 24 heavy (non-hydrogen) atoms. The molecule has 0 aliphatic heterocycles. The monoisotopic (exact) mass is 332 g/mol. The third kappa shape index (κ3) is 5.62. The van der Waals surface area contributed by atoms with Gasteiger partial charge in [-0.1, -0.05) is 30.3 Å². The molecular weight excluding hydrogens is 302 g/mol. The maximum absolute atomic E-state index is 5.43. The van der Waals surface area contributed by atoms with Crippen molar-refractivity contribution in [2.24, 2.45) is 11.8 Å². The van der Waals surface area contributed by atoms with Gasteiger partial charge in [0.05, 0.1) is 0 Å². The molecule has 2 atom stereocenters. The van der Waals surface area contributed by atoms with E-state index in [0.717, 1.165) is 12.6 Å². The van der Waals surface area contributed by atoms with Gasteiger partial charge in [0.15, 0.2) is 0 Å². The number of rotatable bonds is 9. The number of benzene rings is 1. The highest BCUT2D eigenvalue weighted by Gasteiger charge is 2.35. The van der Waals surface area contributed by atoms with E-state index in [1.807, 2.05) is 0 Å². The van der Waals surface area contributed by atoms with Gasteiger partial charge in [0.25, 0.3) is 0 Å². The van der Waals surface area contributed by atoms with E-state index in [-0.39, 0.29) is 14.2 Å². The third-order valence-electron chi connectivity index (χ3n) is 5.28. The van der Waals surface area contributed by atoms with Crippen LogP contribution in [0.2, 0.25) is 12.6 Å². The van der Waals surface area contributed by atoms with Crippen molar-refractivity contribution in [3.63, 3.8) is 0 Å². The molecule has 1 fully saturated rings. The van der Waals surface area contributed by atoms with Gasteiger partial charge >= 0.3 is 14.2 Å². The summed E-state index contributed by atoms with van der Waals surface area (Å²) in [7, 11) is 6.63. The van der Waals surface area contributed by atoms with Crippen LogP contribution in [0.25, 0.3) is 0 Å². The number of hydrogen-bond donors (Lipinski definition) is 0. The summed E-state index contributed by atoms with van der Waals surface area (Å²) in [6.07, 6.45) is 5.44. The molecule has 0 N–H and O–H groups in total. The first kappa shape index (κ1) is 19.5. The van der Waals surface area contributed by atoms with Crippen LogP contribution < -0.4 is 0 Å². The van der Waals surface area contributed by atoms with E-state index in [4.69, 9.17) is 18.6 Å². The molecule has 1 aliphatic carbocycles. The second kappa shape index (κ2) is 10.2. The van der Waals surface area contributed by atoms with E-state index in [2.05, 4.69) is 30.3 Å². The molecule has 0 spiro atoms. The molecule has 1 aromatic carbocycles. The van der Waals surface area contributed by atoms with Gasteiger partial charge in [0, 0.05) is 28.4 Å². The highest BCUT2D eigenvalue weighted by atomic mass is 16.6. The molecular formula is C18H30B2O4. The summed E-state index contributed by atoms with van der Waals surface area (Å²) in [6, 6.07) is 10.8. The first-order valence-corrected chi connectivity index (χ1v) is 8.86. The largest absolute Gasteiger partial charge is 0.456 e. The van der Waals surface area contributed by atoms with Crippen molar-refractivity contribution in [2.45, 2.75) is 37.8 Å². The lowest BCUT2D eigenvalue weighted by Gasteiger charge is -2.36. The molecule has 0 aromatic heterocycles. The SMILES string of the molecule is COB(CC1CC(CB(OC)OC)CC(c2ccccc2)C1)OC. The van der Waals surface area contributed by atoms with Gasteiger partial charge in [0.2, 0.25) is 0 Å². The average molecular weight is 332 g/mol. The van der Waals surface area contributed by atoms with Crippen molar-refractivity contribution >= 4 is 14.2 Å². The second-order valence-electron chi connectivity index (χ2n) is 6.82. The maximum Gasteiger partial charge on any atom is 0.456 e. The van der Waals surface area contributed by atoms with Crippen LogP contribution in [0.4, 0.5) is 0 Å². The quantitative estimate of drug-likeness (QED) is 0.646. The summed E-state index contributed by atoms with van der Waals surface area (Å²) in [4.78, 5) is 0. The molecule has 132 valence electrons. The Morgan fingerprint density at radius 1 is 0.750 bits per heavy atom. The number of hydrogen-bond acceptors (Lipinski definition) is 4. The molecule has 0 amide bonds. The van der Waals surface area contributed by atoms with E-state index in [1.54, 1.807) is 28.4 Å². The van der Waals surface area contributed by atoms with Crippen LogP contribution in [0.15, 0.2) is 30.3 Å². The topological polar surface area (TPSA) is 36.9 Å². The lowest BCUT2D eigenvalue weighted by Crippen LogP contribution is -2.31. The summed E-state index contributed by atoms with van der Waals surface area (Å²) < 4.78 is 21.7. The lowest BCUT2D eigenvalue weighted by molar-refractivity contribution is 0.215.